The molecule has 0 spiro atoms. The molecule has 0 bridgehead atoms. The first-order valence-electron chi connectivity index (χ1n) is 17.6. The van der Waals surface area contributed by atoms with Crippen molar-refractivity contribution in [2.24, 2.45) is 0 Å². The van der Waals surface area contributed by atoms with Crippen LogP contribution >= 0.6 is 0 Å². The Balaban J connectivity index is 1.55. The molecule has 0 fully saturated rings. The van der Waals surface area contributed by atoms with Gasteiger partial charge in [0.1, 0.15) is 28.8 Å². The van der Waals surface area contributed by atoms with Crippen LogP contribution in [-0.4, -0.2) is 54.8 Å². The average Bonchev–Trinajstić information content (AvgIpc) is 3.39. The normalized spacial score (nSPS) is 12.8. The highest BCUT2D eigenvalue weighted by molar-refractivity contribution is 6.99. The van der Waals surface area contributed by atoms with Crippen molar-refractivity contribution < 1.29 is 28.5 Å². The second-order valence-electron chi connectivity index (χ2n) is 14.0. The second-order valence-corrected chi connectivity index (χ2v) is 18.3. The van der Waals surface area contributed by atoms with Crippen LogP contribution in [0.4, 0.5) is 0 Å². The third-order valence-electron chi connectivity index (χ3n) is 10.1. The summed E-state index contributed by atoms with van der Waals surface area (Å²) in [4.78, 5) is 32.6. The number of fused-ring (bicyclic) bond motifs is 3. The third-order valence-corrected chi connectivity index (χ3v) is 15.1. The Morgan fingerprint density at radius 2 is 1.56 bits per heavy atom. The van der Waals surface area contributed by atoms with Gasteiger partial charge in [-0.15, -0.1) is 0 Å². The van der Waals surface area contributed by atoms with E-state index in [-0.39, 0.29) is 23.9 Å². The van der Waals surface area contributed by atoms with Crippen LogP contribution in [0.2, 0.25) is 5.04 Å². The molecule has 272 valence electrons. The van der Waals surface area contributed by atoms with Gasteiger partial charge in [-0.3, -0.25) is 4.79 Å². The van der Waals surface area contributed by atoms with Crippen LogP contribution in [-0.2, 0) is 41.7 Å². The van der Waals surface area contributed by atoms with Crippen molar-refractivity contribution in [3.63, 3.8) is 0 Å². The van der Waals surface area contributed by atoms with Crippen molar-refractivity contribution in [3.8, 4) is 28.6 Å². The van der Waals surface area contributed by atoms with Crippen molar-refractivity contribution in [2.75, 3.05) is 21.3 Å². The number of imidazole rings is 1. The fraction of sp³-hybridized carbons (Fsp3) is 0.341. The minimum absolute atomic E-state index is 0.0466. The number of rotatable bonds is 11. The number of methoxy groups -OCH3 is 3. The van der Waals surface area contributed by atoms with Crippen molar-refractivity contribution in [1.29, 1.82) is 0 Å². The fourth-order valence-electron chi connectivity index (χ4n) is 7.69. The number of esters is 1. The lowest BCUT2D eigenvalue weighted by molar-refractivity contribution is 0.0594. The van der Waals surface area contributed by atoms with Crippen LogP contribution < -0.4 is 25.4 Å². The van der Waals surface area contributed by atoms with Crippen molar-refractivity contribution in [3.05, 3.63) is 117 Å². The fourth-order valence-corrected chi connectivity index (χ4v) is 12.2. The molecule has 52 heavy (non-hydrogen) atoms. The monoisotopic (exact) mass is 721 g/mol. The van der Waals surface area contributed by atoms with E-state index in [4.69, 9.17) is 23.6 Å². The molecule has 5 aromatic rings. The molecule has 0 amide bonds. The van der Waals surface area contributed by atoms with Crippen LogP contribution in [0.3, 0.4) is 0 Å². The summed E-state index contributed by atoms with van der Waals surface area (Å²) >= 11 is 0. The van der Waals surface area contributed by atoms with Gasteiger partial charge < -0.3 is 32.9 Å². The Bertz CT molecular complexity index is 2100. The van der Waals surface area contributed by atoms with Gasteiger partial charge in [0.2, 0.25) is 0 Å². The van der Waals surface area contributed by atoms with Gasteiger partial charge in [0.15, 0.2) is 5.56 Å². The zero-order valence-electron chi connectivity index (χ0n) is 31.0. The molecule has 1 N–H and O–H groups in total. The van der Waals surface area contributed by atoms with E-state index in [0.717, 1.165) is 21.9 Å². The number of benzene rings is 3. The second kappa shape index (κ2) is 14.8. The molecule has 0 radical (unpaired) electrons. The molecule has 0 atom stereocenters. The number of aromatic hydroxyl groups is 1. The lowest BCUT2D eigenvalue weighted by atomic mass is 10.0. The van der Waals surface area contributed by atoms with Crippen LogP contribution in [0.15, 0.2) is 83.7 Å². The summed E-state index contributed by atoms with van der Waals surface area (Å²) in [5.74, 6) is 0.575. The molecule has 2 heterocycles. The summed E-state index contributed by atoms with van der Waals surface area (Å²) in [6, 6.07) is 26.3. The maximum absolute atomic E-state index is 14.3. The van der Waals surface area contributed by atoms with Crippen LogP contribution in [0.25, 0.3) is 11.4 Å². The van der Waals surface area contributed by atoms with Gasteiger partial charge in [0.25, 0.3) is 13.9 Å². The molecular formula is C41H47N3O7Si. The quantitative estimate of drug-likeness (QED) is 0.134. The topological polar surface area (TPSA) is 114 Å². The number of ether oxygens (including phenoxy) is 3. The summed E-state index contributed by atoms with van der Waals surface area (Å²) < 4.78 is 27.1. The van der Waals surface area contributed by atoms with E-state index in [1.54, 1.807) is 26.4 Å². The van der Waals surface area contributed by atoms with E-state index in [0.29, 0.717) is 59.8 Å². The summed E-state index contributed by atoms with van der Waals surface area (Å²) in [7, 11) is 1.41. The smallest absolute Gasteiger partial charge is 0.347 e. The minimum Gasteiger partial charge on any atom is -0.506 e. The van der Waals surface area contributed by atoms with Crippen molar-refractivity contribution in [1.82, 2.24) is 14.1 Å². The number of carbonyl (C=O) groups excluding carboxylic acids is 1. The van der Waals surface area contributed by atoms with Crippen LogP contribution in [0, 0.1) is 0 Å². The first kappa shape index (κ1) is 36.7. The Labute approximate surface area is 305 Å². The molecule has 0 saturated carbocycles. The van der Waals surface area contributed by atoms with Gasteiger partial charge in [0.05, 0.1) is 40.2 Å². The van der Waals surface area contributed by atoms with Gasteiger partial charge in [-0.1, -0.05) is 81.4 Å². The highest BCUT2D eigenvalue weighted by atomic mass is 28.4. The molecule has 3 aromatic carbocycles. The lowest BCUT2D eigenvalue weighted by Crippen LogP contribution is -2.66. The molecule has 6 rings (SSSR count). The highest BCUT2D eigenvalue weighted by Gasteiger charge is 2.50. The first-order valence-corrected chi connectivity index (χ1v) is 19.5. The molecule has 0 unspecified atom stereocenters. The van der Waals surface area contributed by atoms with Crippen LogP contribution in [0.5, 0.6) is 17.2 Å². The van der Waals surface area contributed by atoms with Gasteiger partial charge in [-0.05, 0) is 53.7 Å². The summed E-state index contributed by atoms with van der Waals surface area (Å²) in [5.41, 5.74) is 2.09. The SMILES string of the molecule is CCn1c(CO[Si](c2ccccc2)(c2ccccc2)C(C)(C)C)nc2c1CCCc1c(O)c(C(=O)OC)c(=O)n(Cc3ccc(OC)cc3OC)c1-2. The van der Waals surface area contributed by atoms with E-state index >= 15 is 0 Å². The number of nitrogens with zero attached hydrogens (tertiary/aromatic N) is 3. The average molecular weight is 722 g/mol. The Hall–Kier alpha value is -5.13. The van der Waals surface area contributed by atoms with E-state index in [2.05, 4.69) is 80.8 Å². The van der Waals surface area contributed by atoms with Gasteiger partial charge in [0, 0.05) is 29.4 Å². The molecule has 2 aromatic heterocycles. The predicted molar refractivity (Wildman–Crippen MR) is 204 cm³/mol. The molecular weight excluding hydrogens is 675 g/mol. The first-order chi connectivity index (χ1) is 25.0. The Morgan fingerprint density at radius 3 is 2.12 bits per heavy atom. The lowest BCUT2D eigenvalue weighted by Gasteiger charge is -2.43. The maximum Gasteiger partial charge on any atom is 0.347 e. The predicted octanol–water partition coefficient (Wildman–Crippen LogP) is 5.85. The molecule has 1 aliphatic rings. The van der Waals surface area contributed by atoms with E-state index < -0.39 is 25.4 Å². The number of aromatic nitrogens is 3. The minimum atomic E-state index is -2.91. The van der Waals surface area contributed by atoms with Gasteiger partial charge in [-0.25, -0.2) is 9.78 Å². The number of hydrogen-bond acceptors (Lipinski definition) is 8. The van der Waals surface area contributed by atoms with Crippen molar-refractivity contribution in [2.45, 2.75) is 71.7 Å². The molecule has 1 aliphatic carbocycles. The molecule has 0 aliphatic heterocycles. The largest absolute Gasteiger partial charge is 0.506 e. The zero-order chi connectivity index (χ0) is 37.2. The van der Waals surface area contributed by atoms with E-state index in [9.17, 15) is 14.7 Å². The zero-order valence-corrected chi connectivity index (χ0v) is 32.0. The standard InChI is InChI=1S/C41H47N3O7Si/c1-8-43-32-21-15-20-31-37(44(39(46)35(38(31)45)40(47)50-7)25-27-22-23-28(48-5)24-33(27)49-6)36(32)42-34(43)26-51-52(41(2,3)4,29-16-11-9-12-17-29)30-18-13-10-14-19-30/h9-14,16-19,22-24,45H,8,15,20-21,25-26H2,1-7H3. The highest BCUT2D eigenvalue weighted by Crippen LogP contribution is 2.40. The molecule has 10 nitrogen and oxygen atoms in total. The van der Waals surface area contributed by atoms with Gasteiger partial charge >= 0.3 is 5.97 Å². The van der Waals surface area contributed by atoms with Crippen molar-refractivity contribution >= 4 is 24.7 Å². The Kier molecular flexibility index (Phi) is 10.5. The Morgan fingerprint density at radius 1 is 0.904 bits per heavy atom. The number of hydrogen-bond donors (Lipinski definition) is 1. The summed E-state index contributed by atoms with van der Waals surface area (Å²) in [5, 5.41) is 13.7. The number of pyridine rings is 1. The third kappa shape index (κ3) is 6.32. The molecule has 11 heteroatoms. The maximum atomic E-state index is 14.3. The van der Waals surface area contributed by atoms with Gasteiger partial charge in [-0.2, -0.15) is 0 Å². The summed E-state index contributed by atoms with van der Waals surface area (Å²) in [6.07, 6.45) is 1.75. The van der Waals surface area contributed by atoms with E-state index in [1.165, 1.54) is 11.7 Å². The molecule has 0 saturated heterocycles. The number of carbonyl (C=O) groups is 1. The van der Waals surface area contributed by atoms with Crippen LogP contribution in [0.1, 0.15) is 67.1 Å². The van der Waals surface area contributed by atoms with E-state index in [1.807, 2.05) is 18.2 Å². The summed E-state index contributed by atoms with van der Waals surface area (Å²) in [6.45, 7) is 9.70.